The van der Waals surface area contributed by atoms with Crippen LogP contribution in [0.1, 0.15) is 26.7 Å². The maximum Gasteiger partial charge on any atom is 0.305 e. The molecule has 2 aromatic carbocycles. The van der Waals surface area contributed by atoms with E-state index in [-0.39, 0.29) is 11.5 Å². The zero-order valence-corrected chi connectivity index (χ0v) is 13.3. The topological polar surface area (TPSA) is 84.5 Å². The van der Waals surface area contributed by atoms with Gasteiger partial charge in [-0.1, -0.05) is 36.4 Å². The summed E-state index contributed by atoms with van der Waals surface area (Å²) >= 11 is 0. The Hall–Kier alpha value is -3.54. The first-order valence-electron chi connectivity index (χ1n) is 7.71. The summed E-state index contributed by atoms with van der Waals surface area (Å²) in [6.45, 7) is 1.79. The Morgan fingerprint density at radius 3 is 2.28 bits per heavy atom. The number of hydrogen-bond donors (Lipinski definition) is 2. The zero-order chi connectivity index (χ0) is 17.4. The number of fused-ring (bicyclic) bond motifs is 2. The first kappa shape index (κ1) is 15.0. The molecule has 0 atom stereocenters. The number of benzene rings is 2. The van der Waals surface area contributed by atoms with Crippen molar-refractivity contribution in [3.8, 4) is 0 Å². The van der Waals surface area contributed by atoms with Gasteiger partial charge in [0.1, 0.15) is 11.2 Å². The van der Waals surface area contributed by atoms with Crippen LogP contribution in [-0.2, 0) is 0 Å². The van der Waals surface area contributed by atoms with E-state index in [0.29, 0.717) is 16.7 Å². The maximum absolute atomic E-state index is 12.3. The summed E-state index contributed by atoms with van der Waals surface area (Å²) in [6, 6.07) is 16.2. The van der Waals surface area contributed by atoms with Crippen molar-refractivity contribution < 1.29 is 18.4 Å². The Morgan fingerprint density at radius 1 is 0.840 bits per heavy atom. The molecular weight excluding hydrogens is 320 g/mol. The van der Waals surface area contributed by atoms with Gasteiger partial charge in [-0.05, 0) is 25.1 Å². The lowest BCUT2D eigenvalue weighted by Gasteiger charge is -2.04. The van der Waals surface area contributed by atoms with Crippen LogP contribution in [0, 0.1) is 6.92 Å². The number of nitrogens with one attached hydrogen (secondary N) is 2. The minimum absolute atomic E-state index is 0.114. The number of amides is 2. The highest BCUT2D eigenvalue weighted by atomic mass is 16.4. The molecular formula is C19H14N2O4. The van der Waals surface area contributed by atoms with Crippen molar-refractivity contribution in [2.24, 2.45) is 0 Å². The van der Waals surface area contributed by atoms with Crippen LogP contribution in [0.3, 0.4) is 0 Å². The molecule has 0 bridgehead atoms. The van der Waals surface area contributed by atoms with Crippen molar-refractivity contribution in [2.45, 2.75) is 6.92 Å². The molecule has 2 N–H and O–H groups in total. The Kier molecular flexibility index (Phi) is 3.50. The van der Waals surface area contributed by atoms with Crippen molar-refractivity contribution in [2.75, 3.05) is 0 Å². The van der Waals surface area contributed by atoms with Crippen LogP contribution in [0.15, 0.2) is 63.4 Å². The fraction of sp³-hybridized carbons (Fsp3) is 0.0526. The molecule has 0 radical (unpaired) electrons. The Balaban J connectivity index is 1.50. The van der Waals surface area contributed by atoms with E-state index in [4.69, 9.17) is 8.83 Å². The molecule has 4 aromatic rings. The van der Waals surface area contributed by atoms with Gasteiger partial charge in [0.2, 0.25) is 0 Å². The molecule has 0 aliphatic carbocycles. The lowest BCUT2D eigenvalue weighted by Crippen LogP contribution is -2.41. The van der Waals surface area contributed by atoms with Crippen LogP contribution in [-0.4, -0.2) is 11.8 Å². The quantitative estimate of drug-likeness (QED) is 0.549. The van der Waals surface area contributed by atoms with E-state index in [9.17, 15) is 9.59 Å². The van der Waals surface area contributed by atoms with Gasteiger partial charge in [-0.3, -0.25) is 20.4 Å². The monoisotopic (exact) mass is 334 g/mol. The highest BCUT2D eigenvalue weighted by molar-refractivity contribution is 6.01. The lowest BCUT2D eigenvalue weighted by molar-refractivity contribution is 0.0819. The Bertz CT molecular complexity index is 1070. The van der Waals surface area contributed by atoms with Crippen molar-refractivity contribution in [3.05, 3.63) is 71.7 Å². The summed E-state index contributed by atoms with van der Waals surface area (Å²) in [5, 5.41) is 1.67. The molecule has 6 heteroatoms. The zero-order valence-electron chi connectivity index (χ0n) is 13.3. The second kappa shape index (κ2) is 5.83. The van der Waals surface area contributed by atoms with Gasteiger partial charge >= 0.3 is 11.8 Å². The molecule has 2 aromatic heterocycles. The molecule has 0 aliphatic heterocycles. The van der Waals surface area contributed by atoms with Crippen LogP contribution in [0.5, 0.6) is 0 Å². The first-order chi connectivity index (χ1) is 12.1. The van der Waals surface area contributed by atoms with E-state index in [1.165, 1.54) is 0 Å². The van der Waals surface area contributed by atoms with E-state index in [2.05, 4.69) is 10.9 Å². The van der Waals surface area contributed by atoms with Gasteiger partial charge in [0.25, 0.3) is 0 Å². The van der Waals surface area contributed by atoms with Crippen molar-refractivity contribution in [3.63, 3.8) is 0 Å². The van der Waals surface area contributed by atoms with E-state index in [1.807, 2.05) is 36.4 Å². The molecule has 0 saturated carbocycles. The first-order valence-corrected chi connectivity index (χ1v) is 7.71. The van der Waals surface area contributed by atoms with Gasteiger partial charge < -0.3 is 8.83 Å². The minimum atomic E-state index is -0.543. The molecule has 0 aliphatic rings. The van der Waals surface area contributed by atoms with Crippen LogP contribution in [0.4, 0.5) is 0 Å². The van der Waals surface area contributed by atoms with Gasteiger partial charge in [0, 0.05) is 16.3 Å². The molecule has 0 spiro atoms. The van der Waals surface area contributed by atoms with Crippen molar-refractivity contribution in [1.29, 1.82) is 0 Å². The van der Waals surface area contributed by atoms with Crippen molar-refractivity contribution in [1.82, 2.24) is 10.9 Å². The van der Waals surface area contributed by atoms with Crippen LogP contribution >= 0.6 is 0 Å². The van der Waals surface area contributed by atoms with Gasteiger partial charge in [-0.25, -0.2) is 0 Å². The largest absolute Gasteiger partial charge is 0.451 e. The molecule has 2 amide bonds. The molecule has 0 saturated heterocycles. The second-order valence-corrected chi connectivity index (χ2v) is 5.61. The number of furan rings is 2. The fourth-order valence-corrected chi connectivity index (χ4v) is 2.72. The summed E-state index contributed by atoms with van der Waals surface area (Å²) < 4.78 is 11.0. The predicted molar refractivity (Wildman–Crippen MR) is 92.1 cm³/mol. The van der Waals surface area contributed by atoms with E-state index >= 15 is 0 Å². The van der Waals surface area contributed by atoms with Gasteiger partial charge in [-0.15, -0.1) is 0 Å². The third-order valence-electron chi connectivity index (χ3n) is 3.99. The molecule has 2 heterocycles. The number of carbonyl (C=O) groups is 2. The van der Waals surface area contributed by atoms with E-state index in [0.717, 1.165) is 10.8 Å². The van der Waals surface area contributed by atoms with Crippen LogP contribution in [0.2, 0.25) is 0 Å². The van der Waals surface area contributed by atoms with E-state index in [1.54, 1.807) is 25.1 Å². The van der Waals surface area contributed by atoms with Gasteiger partial charge in [-0.2, -0.15) is 0 Å². The average molecular weight is 334 g/mol. The Morgan fingerprint density at radius 2 is 1.52 bits per heavy atom. The summed E-state index contributed by atoms with van der Waals surface area (Å²) in [7, 11) is 0. The molecule has 0 fully saturated rings. The SMILES string of the molecule is Cc1c(C(=O)NNC(=O)c2cc3ccccc3o2)oc2ccccc12. The summed E-state index contributed by atoms with van der Waals surface area (Å²) in [6.07, 6.45) is 0. The van der Waals surface area contributed by atoms with Crippen LogP contribution in [0.25, 0.3) is 21.9 Å². The molecule has 25 heavy (non-hydrogen) atoms. The maximum atomic E-state index is 12.3. The Labute approximate surface area is 142 Å². The fourth-order valence-electron chi connectivity index (χ4n) is 2.72. The standard InChI is InChI=1S/C19H14N2O4/c1-11-13-7-3-5-9-15(13)25-17(11)19(23)21-20-18(22)16-10-12-6-2-4-8-14(12)24-16/h2-10H,1H3,(H,20,22)(H,21,23). The molecule has 124 valence electrons. The number of carbonyl (C=O) groups excluding carboxylic acids is 2. The summed E-state index contributed by atoms with van der Waals surface area (Å²) in [5.41, 5.74) is 6.63. The third kappa shape index (κ3) is 2.63. The van der Waals surface area contributed by atoms with Crippen molar-refractivity contribution >= 4 is 33.8 Å². The number of rotatable bonds is 2. The smallest absolute Gasteiger partial charge is 0.305 e. The minimum Gasteiger partial charge on any atom is -0.451 e. The number of hydrazine groups is 1. The van der Waals surface area contributed by atoms with Crippen LogP contribution < -0.4 is 10.9 Å². The lowest BCUT2D eigenvalue weighted by atomic mass is 10.1. The predicted octanol–water partition coefficient (Wildman–Crippen LogP) is 3.56. The second-order valence-electron chi connectivity index (χ2n) is 5.61. The summed E-state index contributed by atoms with van der Waals surface area (Å²) in [4.78, 5) is 24.4. The molecule has 4 rings (SSSR count). The normalized spacial score (nSPS) is 10.9. The summed E-state index contributed by atoms with van der Waals surface area (Å²) in [5.74, 6) is -0.801. The third-order valence-corrected chi connectivity index (χ3v) is 3.99. The average Bonchev–Trinajstić information content (AvgIpc) is 3.21. The number of hydrogen-bond acceptors (Lipinski definition) is 4. The number of para-hydroxylation sites is 2. The number of aryl methyl sites for hydroxylation is 1. The highest BCUT2D eigenvalue weighted by Crippen LogP contribution is 2.24. The van der Waals surface area contributed by atoms with Gasteiger partial charge in [0.15, 0.2) is 11.5 Å². The van der Waals surface area contributed by atoms with E-state index < -0.39 is 11.8 Å². The highest BCUT2D eigenvalue weighted by Gasteiger charge is 2.19. The molecule has 0 unspecified atom stereocenters. The molecule has 6 nitrogen and oxygen atoms in total. The van der Waals surface area contributed by atoms with Gasteiger partial charge in [0.05, 0.1) is 0 Å².